The molecule has 0 fully saturated rings. The molecule has 1 aromatic carbocycles. The fourth-order valence-electron chi connectivity index (χ4n) is 1.16. The lowest BCUT2D eigenvalue weighted by atomic mass is 10.2. The first-order valence-corrected chi connectivity index (χ1v) is 4.16. The van der Waals surface area contributed by atoms with Gasteiger partial charge in [-0.25, -0.2) is 0 Å². The van der Waals surface area contributed by atoms with Crippen molar-refractivity contribution < 1.29 is 14.5 Å². The van der Waals surface area contributed by atoms with Crippen LogP contribution in [0.1, 0.15) is 11.8 Å². The minimum atomic E-state index is -0.664. The summed E-state index contributed by atoms with van der Waals surface area (Å²) in [6, 6.07) is 5.89. The normalized spacial score (nSPS) is 11.8. The van der Waals surface area contributed by atoms with Crippen LogP contribution in [0.25, 0.3) is 0 Å². The Hall–Kier alpha value is -1.95. The molecule has 1 aromatic rings. The van der Waals surface area contributed by atoms with Crippen LogP contribution in [-0.4, -0.2) is 18.4 Å². The molecule has 1 amide bonds. The van der Waals surface area contributed by atoms with Gasteiger partial charge in [-0.2, -0.15) is 0 Å². The molecule has 1 unspecified atom stereocenters. The molecule has 1 atom stereocenters. The van der Waals surface area contributed by atoms with Gasteiger partial charge in [0.05, 0.1) is 4.92 Å². The van der Waals surface area contributed by atoms with Crippen LogP contribution in [0.5, 0.6) is 0 Å². The number of ether oxygens (including phenoxy) is 1. The monoisotopic (exact) mass is 210 g/mol. The second-order valence-electron chi connectivity index (χ2n) is 2.75. The summed E-state index contributed by atoms with van der Waals surface area (Å²) in [6.45, 7) is 0. The van der Waals surface area contributed by atoms with Crippen LogP contribution in [0.15, 0.2) is 24.3 Å². The average Bonchev–Trinajstić information content (AvgIpc) is 2.26. The highest BCUT2D eigenvalue weighted by atomic mass is 16.6. The molecule has 80 valence electrons. The molecule has 6 heteroatoms. The van der Waals surface area contributed by atoms with Crippen LogP contribution in [0.3, 0.4) is 0 Å². The molecule has 0 radical (unpaired) electrons. The maximum atomic E-state index is 10.5. The van der Waals surface area contributed by atoms with Crippen molar-refractivity contribution in [3.63, 3.8) is 0 Å². The summed E-state index contributed by atoms with van der Waals surface area (Å²) in [5.41, 5.74) is 0.487. The number of rotatable bonds is 5. The highest BCUT2D eigenvalue weighted by Gasteiger charge is 2.12. The summed E-state index contributed by atoms with van der Waals surface area (Å²) in [6.07, 6.45) is -0.185. The molecule has 0 heterocycles. The van der Waals surface area contributed by atoms with Crippen LogP contribution in [-0.2, 0) is 9.53 Å². The molecule has 1 N–H and O–H groups in total. The lowest BCUT2D eigenvalue weighted by Crippen LogP contribution is -2.20. The summed E-state index contributed by atoms with van der Waals surface area (Å²) in [7, 11) is 1.40. The largest absolute Gasteiger partial charge is 0.357 e. The number of amides is 1. The molecule has 0 aliphatic rings. The van der Waals surface area contributed by atoms with Crippen molar-refractivity contribution in [2.24, 2.45) is 0 Å². The lowest BCUT2D eigenvalue weighted by Gasteiger charge is -2.13. The van der Waals surface area contributed by atoms with Gasteiger partial charge in [0, 0.05) is 24.8 Å². The smallest absolute Gasteiger partial charge is 0.269 e. The van der Waals surface area contributed by atoms with Crippen LogP contribution in [0, 0.1) is 10.1 Å². The zero-order valence-electron chi connectivity index (χ0n) is 8.04. The van der Waals surface area contributed by atoms with Crippen LogP contribution >= 0.6 is 0 Å². The first kappa shape index (κ1) is 11.1. The van der Waals surface area contributed by atoms with Crippen LogP contribution < -0.4 is 5.32 Å². The van der Waals surface area contributed by atoms with Gasteiger partial charge in [0.1, 0.15) is 0 Å². The molecular formula is C9H10N2O4. The summed E-state index contributed by atoms with van der Waals surface area (Å²) in [5.74, 6) is 0. The van der Waals surface area contributed by atoms with E-state index in [1.165, 1.54) is 25.3 Å². The maximum Gasteiger partial charge on any atom is 0.269 e. The third-order valence-corrected chi connectivity index (χ3v) is 1.84. The van der Waals surface area contributed by atoms with Gasteiger partial charge >= 0.3 is 0 Å². The lowest BCUT2D eigenvalue weighted by molar-refractivity contribution is -0.385. The molecule has 0 saturated carbocycles. The summed E-state index contributed by atoms with van der Waals surface area (Å²) < 4.78 is 4.95. The molecule has 0 aliphatic carbocycles. The number of non-ortho nitro benzene ring substituents is 1. The zero-order valence-corrected chi connectivity index (χ0v) is 8.04. The third-order valence-electron chi connectivity index (χ3n) is 1.84. The molecule has 1 rings (SSSR count). The summed E-state index contributed by atoms with van der Waals surface area (Å²) in [5, 5.41) is 12.9. The van der Waals surface area contributed by atoms with E-state index >= 15 is 0 Å². The number of nitrogens with one attached hydrogen (secondary N) is 1. The molecule has 0 saturated heterocycles. The number of nitro benzene ring substituents is 1. The van der Waals surface area contributed by atoms with Gasteiger partial charge in [-0.1, -0.05) is 12.1 Å². The van der Waals surface area contributed by atoms with Gasteiger partial charge in [0.25, 0.3) is 5.69 Å². The Bertz CT molecular complexity index is 367. The molecular weight excluding hydrogens is 200 g/mol. The maximum absolute atomic E-state index is 10.5. The Morgan fingerprint density at radius 2 is 2.33 bits per heavy atom. The first-order chi connectivity index (χ1) is 7.19. The number of carbonyl (C=O) groups is 1. The zero-order chi connectivity index (χ0) is 11.3. The van der Waals surface area contributed by atoms with Gasteiger partial charge < -0.3 is 10.1 Å². The van der Waals surface area contributed by atoms with Gasteiger partial charge in [-0.05, 0) is 0 Å². The van der Waals surface area contributed by atoms with E-state index in [-0.39, 0.29) is 5.69 Å². The van der Waals surface area contributed by atoms with E-state index in [0.29, 0.717) is 12.0 Å². The second-order valence-corrected chi connectivity index (χ2v) is 2.75. The fraction of sp³-hybridized carbons (Fsp3) is 0.222. The van der Waals surface area contributed by atoms with Crippen molar-refractivity contribution in [2.75, 3.05) is 7.11 Å². The Morgan fingerprint density at radius 1 is 1.60 bits per heavy atom. The highest BCUT2D eigenvalue weighted by Crippen LogP contribution is 2.19. The van der Waals surface area contributed by atoms with Gasteiger partial charge in [0.15, 0.2) is 6.23 Å². The second kappa shape index (κ2) is 5.06. The Kier molecular flexibility index (Phi) is 3.75. The number of hydrogen-bond acceptors (Lipinski definition) is 4. The number of carbonyl (C=O) groups excluding carboxylic acids is 1. The van der Waals surface area contributed by atoms with E-state index in [1.807, 2.05) is 0 Å². The molecule has 0 spiro atoms. The Balaban J connectivity index is 2.97. The third kappa shape index (κ3) is 2.75. The number of nitro groups is 1. The SMILES string of the molecule is COC(NC=O)c1cccc([N+](=O)[O-])c1. The molecule has 15 heavy (non-hydrogen) atoms. The van der Waals surface area contributed by atoms with E-state index in [2.05, 4.69) is 5.32 Å². The predicted octanol–water partition coefficient (Wildman–Crippen LogP) is 0.986. The van der Waals surface area contributed by atoms with Gasteiger partial charge in [-0.15, -0.1) is 0 Å². The van der Waals surface area contributed by atoms with Crippen molar-refractivity contribution >= 4 is 12.1 Å². The molecule has 6 nitrogen and oxygen atoms in total. The number of methoxy groups -OCH3 is 1. The Morgan fingerprint density at radius 3 is 2.87 bits per heavy atom. The van der Waals surface area contributed by atoms with E-state index < -0.39 is 11.2 Å². The quantitative estimate of drug-likeness (QED) is 0.340. The fourth-order valence-corrected chi connectivity index (χ4v) is 1.16. The van der Waals surface area contributed by atoms with Crippen LogP contribution in [0.2, 0.25) is 0 Å². The van der Waals surface area contributed by atoms with Crippen molar-refractivity contribution in [1.29, 1.82) is 0 Å². The van der Waals surface area contributed by atoms with Crippen molar-refractivity contribution in [3.8, 4) is 0 Å². The average molecular weight is 210 g/mol. The summed E-state index contributed by atoms with van der Waals surface area (Å²) >= 11 is 0. The molecule has 0 aliphatic heterocycles. The van der Waals surface area contributed by atoms with Crippen molar-refractivity contribution in [2.45, 2.75) is 6.23 Å². The van der Waals surface area contributed by atoms with Gasteiger partial charge in [-0.3, -0.25) is 14.9 Å². The summed E-state index contributed by atoms with van der Waals surface area (Å²) in [4.78, 5) is 20.2. The number of hydrogen-bond donors (Lipinski definition) is 1. The minimum absolute atomic E-state index is 0.0396. The molecule has 0 aromatic heterocycles. The van der Waals surface area contributed by atoms with Crippen molar-refractivity contribution in [1.82, 2.24) is 5.32 Å². The highest BCUT2D eigenvalue weighted by molar-refractivity contribution is 5.48. The van der Waals surface area contributed by atoms with Gasteiger partial charge in [0.2, 0.25) is 6.41 Å². The van der Waals surface area contributed by atoms with E-state index in [9.17, 15) is 14.9 Å². The number of benzene rings is 1. The molecule has 0 bridgehead atoms. The minimum Gasteiger partial charge on any atom is -0.357 e. The van der Waals surface area contributed by atoms with E-state index in [1.54, 1.807) is 6.07 Å². The Labute approximate surface area is 86.0 Å². The topological polar surface area (TPSA) is 81.5 Å². The van der Waals surface area contributed by atoms with E-state index in [0.717, 1.165) is 0 Å². The first-order valence-electron chi connectivity index (χ1n) is 4.16. The standard InChI is InChI=1S/C9H10N2O4/c1-15-9(10-6-12)7-3-2-4-8(5-7)11(13)14/h2-6,9H,1H3,(H,10,12). The van der Waals surface area contributed by atoms with E-state index in [4.69, 9.17) is 4.74 Å². The van der Waals surface area contributed by atoms with Crippen molar-refractivity contribution in [3.05, 3.63) is 39.9 Å². The van der Waals surface area contributed by atoms with Crippen LogP contribution in [0.4, 0.5) is 5.69 Å². The predicted molar refractivity (Wildman–Crippen MR) is 52.0 cm³/mol. The number of nitrogens with zero attached hydrogens (tertiary/aromatic N) is 1.